The van der Waals surface area contributed by atoms with Crippen LogP contribution in [-0.2, 0) is 20.2 Å². The third kappa shape index (κ3) is 6.61. The van der Waals surface area contributed by atoms with Crippen LogP contribution in [0.25, 0.3) is 0 Å². The summed E-state index contributed by atoms with van der Waals surface area (Å²) in [6, 6.07) is 7.70. The van der Waals surface area contributed by atoms with E-state index in [1.807, 2.05) is 38.1 Å². The van der Waals surface area contributed by atoms with Crippen molar-refractivity contribution in [2.24, 2.45) is 5.92 Å². The number of sulfonamides is 1. The zero-order chi connectivity index (χ0) is 18.5. The van der Waals surface area contributed by atoms with Crippen LogP contribution in [0.15, 0.2) is 24.3 Å². The van der Waals surface area contributed by atoms with E-state index in [9.17, 15) is 13.2 Å². The summed E-state index contributed by atoms with van der Waals surface area (Å²) in [5.74, 6) is 0.0357. The van der Waals surface area contributed by atoms with Gasteiger partial charge in [-0.1, -0.05) is 52.8 Å². The van der Waals surface area contributed by atoms with Crippen LogP contribution in [0, 0.1) is 5.92 Å². The number of nitrogens with one attached hydrogen (secondary N) is 1. The molecule has 0 aliphatic carbocycles. The summed E-state index contributed by atoms with van der Waals surface area (Å²) in [5.41, 5.74) is 1.76. The molecule has 6 heteroatoms. The van der Waals surface area contributed by atoms with Gasteiger partial charge in [-0.15, -0.1) is 0 Å². The van der Waals surface area contributed by atoms with E-state index in [2.05, 4.69) is 26.1 Å². The van der Waals surface area contributed by atoms with Crippen LogP contribution in [0.3, 0.4) is 0 Å². The van der Waals surface area contributed by atoms with Crippen LogP contribution in [0.4, 0.5) is 5.69 Å². The highest BCUT2D eigenvalue weighted by molar-refractivity contribution is 7.88. The molecule has 0 saturated heterocycles. The van der Waals surface area contributed by atoms with Gasteiger partial charge in [-0.3, -0.25) is 4.79 Å². The third-order valence-electron chi connectivity index (χ3n) is 3.64. The van der Waals surface area contributed by atoms with E-state index in [1.54, 1.807) is 0 Å². The lowest BCUT2D eigenvalue weighted by Gasteiger charge is -2.24. The summed E-state index contributed by atoms with van der Waals surface area (Å²) < 4.78 is 25.0. The van der Waals surface area contributed by atoms with Crippen molar-refractivity contribution in [2.45, 2.75) is 46.5 Å². The lowest BCUT2D eigenvalue weighted by atomic mass is 9.86. The largest absolute Gasteiger partial charge is 0.326 e. The molecule has 0 radical (unpaired) electrons. The number of hydrogen-bond acceptors (Lipinski definition) is 3. The zero-order valence-electron chi connectivity index (χ0n) is 15.6. The van der Waals surface area contributed by atoms with Gasteiger partial charge in [-0.25, -0.2) is 12.7 Å². The van der Waals surface area contributed by atoms with E-state index in [-0.39, 0.29) is 30.2 Å². The Morgan fingerprint density at radius 3 is 2.29 bits per heavy atom. The average molecular weight is 355 g/mol. The van der Waals surface area contributed by atoms with Crippen molar-refractivity contribution in [3.63, 3.8) is 0 Å². The highest BCUT2D eigenvalue weighted by Gasteiger charge is 2.21. The number of rotatable bonds is 7. The topological polar surface area (TPSA) is 66.5 Å². The normalized spacial score (nSPS) is 12.7. The molecule has 1 amide bonds. The van der Waals surface area contributed by atoms with Crippen molar-refractivity contribution in [3.8, 4) is 0 Å². The van der Waals surface area contributed by atoms with E-state index in [1.165, 1.54) is 10.6 Å². The number of para-hydroxylation sites is 1. The number of anilines is 1. The molecular weight excluding hydrogens is 324 g/mol. The summed E-state index contributed by atoms with van der Waals surface area (Å²) in [6.45, 7) is 10.8. The smallest absolute Gasteiger partial charge is 0.225 e. The number of hydrogen-bond donors (Lipinski definition) is 1. The Hall–Kier alpha value is -1.40. The molecule has 1 aromatic rings. The van der Waals surface area contributed by atoms with Crippen LogP contribution in [0.1, 0.15) is 46.6 Å². The molecule has 0 saturated carbocycles. The fourth-order valence-corrected chi connectivity index (χ4v) is 3.48. The molecule has 0 fully saturated rings. The SMILES string of the molecule is CC(C)CN(CCC(=O)Nc1ccccc1C(C)(C)C)S(C)(=O)=O. The molecule has 0 aliphatic heterocycles. The highest BCUT2D eigenvalue weighted by Crippen LogP contribution is 2.29. The number of carbonyl (C=O) groups excluding carboxylic acids is 1. The fraction of sp³-hybridized carbons (Fsp3) is 0.611. The Balaban J connectivity index is 2.77. The Morgan fingerprint density at radius 2 is 1.79 bits per heavy atom. The predicted molar refractivity (Wildman–Crippen MR) is 99.6 cm³/mol. The van der Waals surface area contributed by atoms with Crippen molar-refractivity contribution < 1.29 is 13.2 Å². The van der Waals surface area contributed by atoms with Gasteiger partial charge >= 0.3 is 0 Å². The first kappa shape index (κ1) is 20.6. The molecule has 0 atom stereocenters. The Kier molecular flexibility index (Phi) is 6.98. The first-order chi connectivity index (χ1) is 10.9. The first-order valence-corrected chi connectivity index (χ1v) is 10.1. The molecule has 1 rings (SSSR count). The van der Waals surface area contributed by atoms with Gasteiger partial charge in [0, 0.05) is 25.2 Å². The number of carbonyl (C=O) groups is 1. The number of amides is 1. The minimum absolute atomic E-state index is 0.0830. The van der Waals surface area contributed by atoms with Gasteiger partial charge in [0.2, 0.25) is 15.9 Å². The Morgan fingerprint density at radius 1 is 1.21 bits per heavy atom. The van der Waals surface area contributed by atoms with E-state index in [0.717, 1.165) is 11.3 Å². The van der Waals surface area contributed by atoms with Crippen molar-refractivity contribution >= 4 is 21.6 Å². The molecule has 1 N–H and O–H groups in total. The summed E-state index contributed by atoms with van der Waals surface area (Å²) in [4.78, 5) is 12.3. The molecule has 0 aromatic heterocycles. The van der Waals surface area contributed by atoms with Crippen molar-refractivity contribution in [1.82, 2.24) is 4.31 Å². The molecule has 24 heavy (non-hydrogen) atoms. The molecule has 5 nitrogen and oxygen atoms in total. The van der Waals surface area contributed by atoms with E-state index in [4.69, 9.17) is 0 Å². The monoisotopic (exact) mass is 354 g/mol. The van der Waals surface area contributed by atoms with Crippen LogP contribution in [-0.4, -0.2) is 38.0 Å². The maximum Gasteiger partial charge on any atom is 0.225 e. The standard InChI is InChI=1S/C18H30N2O3S/c1-14(2)13-20(24(6,22)23)12-11-17(21)19-16-10-8-7-9-15(16)18(3,4)5/h7-10,14H,11-13H2,1-6H3,(H,19,21). The van der Waals surface area contributed by atoms with E-state index < -0.39 is 10.0 Å². The maximum absolute atomic E-state index is 12.3. The van der Waals surface area contributed by atoms with E-state index in [0.29, 0.717) is 6.54 Å². The van der Waals surface area contributed by atoms with Gasteiger partial charge in [-0.2, -0.15) is 0 Å². The van der Waals surface area contributed by atoms with Crippen LogP contribution >= 0.6 is 0 Å². The molecule has 0 bridgehead atoms. The molecule has 0 spiro atoms. The van der Waals surface area contributed by atoms with Gasteiger partial charge in [0.05, 0.1) is 6.26 Å². The van der Waals surface area contributed by atoms with E-state index >= 15 is 0 Å². The van der Waals surface area contributed by atoms with Crippen LogP contribution in [0.2, 0.25) is 0 Å². The minimum Gasteiger partial charge on any atom is -0.326 e. The van der Waals surface area contributed by atoms with Crippen molar-refractivity contribution in [2.75, 3.05) is 24.7 Å². The van der Waals surface area contributed by atoms with Crippen LogP contribution in [0.5, 0.6) is 0 Å². The van der Waals surface area contributed by atoms with Crippen molar-refractivity contribution in [1.29, 1.82) is 0 Å². The summed E-state index contributed by atoms with van der Waals surface area (Å²) in [6.07, 6.45) is 1.32. The van der Waals surface area contributed by atoms with Gasteiger partial charge in [0.15, 0.2) is 0 Å². The lowest BCUT2D eigenvalue weighted by Crippen LogP contribution is -2.35. The van der Waals surface area contributed by atoms with Crippen molar-refractivity contribution in [3.05, 3.63) is 29.8 Å². The lowest BCUT2D eigenvalue weighted by molar-refractivity contribution is -0.116. The second kappa shape index (κ2) is 8.12. The molecule has 1 aromatic carbocycles. The summed E-state index contributed by atoms with van der Waals surface area (Å²) in [5, 5.41) is 2.92. The Labute approximate surface area is 146 Å². The second-order valence-electron chi connectivity index (χ2n) is 7.61. The first-order valence-electron chi connectivity index (χ1n) is 8.25. The third-order valence-corrected chi connectivity index (χ3v) is 4.90. The summed E-state index contributed by atoms with van der Waals surface area (Å²) >= 11 is 0. The average Bonchev–Trinajstić information content (AvgIpc) is 2.41. The summed E-state index contributed by atoms with van der Waals surface area (Å²) in [7, 11) is -3.31. The Bertz CT molecular complexity index is 661. The van der Waals surface area contributed by atoms with Crippen LogP contribution < -0.4 is 5.32 Å². The predicted octanol–water partition coefficient (Wildman–Crippen LogP) is 3.23. The zero-order valence-corrected chi connectivity index (χ0v) is 16.4. The molecular formula is C18H30N2O3S. The van der Waals surface area contributed by atoms with Gasteiger partial charge in [0.25, 0.3) is 0 Å². The highest BCUT2D eigenvalue weighted by atomic mass is 32.2. The van der Waals surface area contributed by atoms with Gasteiger partial charge in [-0.05, 0) is 23.0 Å². The molecule has 0 aliphatic rings. The maximum atomic E-state index is 12.3. The number of nitrogens with zero attached hydrogens (tertiary/aromatic N) is 1. The molecule has 0 unspecified atom stereocenters. The molecule has 136 valence electrons. The van der Waals surface area contributed by atoms with Gasteiger partial charge in [0.1, 0.15) is 0 Å². The fourth-order valence-electron chi connectivity index (χ4n) is 2.48. The quantitative estimate of drug-likeness (QED) is 0.817. The van der Waals surface area contributed by atoms with Gasteiger partial charge < -0.3 is 5.32 Å². The second-order valence-corrected chi connectivity index (χ2v) is 9.59. The minimum atomic E-state index is -3.31. The molecule has 0 heterocycles. The number of benzene rings is 1.